The van der Waals surface area contributed by atoms with Crippen molar-refractivity contribution in [1.82, 2.24) is 19.4 Å². The molecular formula is C21H29N5O2. The summed E-state index contributed by atoms with van der Waals surface area (Å²) in [6.07, 6.45) is 8.05. The topological polar surface area (TPSA) is 71.3 Å². The maximum atomic E-state index is 12.8. The smallest absolute Gasteiger partial charge is 0.252 e. The van der Waals surface area contributed by atoms with Crippen LogP contribution >= 0.6 is 0 Å². The Morgan fingerprint density at radius 3 is 2.64 bits per heavy atom. The molecule has 0 radical (unpaired) electrons. The number of nitrogens with zero attached hydrogens (tertiary/aromatic N) is 5. The first kappa shape index (κ1) is 18.9. The van der Waals surface area contributed by atoms with E-state index < -0.39 is 0 Å². The van der Waals surface area contributed by atoms with E-state index in [1.807, 2.05) is 17.7 Å². The largest absolute Gasteiger partial charge is 0.349 e. The maximum Gasteiger partial charge on any atom is 0.252 e. The number of pyridine rings is 1. The van der Waals surface area contributed by atoms with Crippen LogP contribution < -0.4 is 10.5 Å². The lowest BCUT2D eigenvalue weighted by atomic mass is 9.97. The molecule has 28 heavy (non-hydrogen) atoms. The second kappa shape index (κ2) is 7.53. The normalized spacial score (nSPS) is 20.7. The molecule has 2 aromatic rings. The number of fused-ring (bicyclic) bond motifs is 1. The average molecular weight is 383 g/mol. The molecule has 1 aliphatic carbocycles. The molecule has 2 fully saturated rings. The van der Waals surface area contributed by atoms with Crippen LogP contribution in [0.25, 0.3) is 11.0 Å². The fourth-order valence-electron chi connectivity index (χ4n) is 4.66. The van der Waals surface area contributed by atoms with Crippen LogP contribution in [0, 0.1) is 12.8 Å². The molecule has 0 N–H and O–H groups in total. The third-order valence-corrected chi connectivity index (χ3v) is 6.17. The summed E-state index contributed by atoms with van der Waals surface area (Å²) in [5.74, 6) is 0.752. The Morgan fingerprint density at radius 2 is 1.93 bits per heavy atom. The molecule has 7 nitrogen and oxygen atoms in total. The quantitative estimate of drug-likeness (QED) is 0.814. The van der Waals surface area contributed by atoms with Crippen LogP contribution in [0.4, 0.5) is 5.95 Å². The molecule has 2 aliphatic rings. The van der Waals surface area contributed by atoms with Gasteiger partial charge in [0.2, 0.25) is 11.9 Å². The van der Waals surface area contributed by atoms with Crippen LogP contribution in [0.1, 0.15) is 50.1 Å². The average Bonchev–Trinajstić information content (AvgIpc) is 3.21. The van der Waals surface area contributed by atoms with Gasteiger partial charge in [0.05, 0.1) is 5.92 Å². The third-order valence-electron chi connectivity index (χ3n) is 6.17. The van der Waals surface area contributed by atoms with Crippen molar-refractivity contribution in [3.8, 4) is 0 Å². The van der Waals surface area contributed by atoms with Crippen LogP contribution in [0.15, 0.2) is 17.1 Å². The first-order chi connectivity index (χ1) is 13.5. The summed E-state index contributed by atoms with van der Waals surface area (Å²) >= 11 is 0. The van der Waals surface area contributed by atoms with E-state index in [4.69, 9.17) is 4.98 Å². The van der Waals surface area contributed by atoms with Crippen molar-refractivity contribution in [2.45, 2.75) is 51.5 Å². The van der Waals surface area contributed by atoms with E-state index >= 15 is 0 Å². The second-order valence-electron chi connectivity index (χ2n) is 8.40. The van der Waals surface area contributed by atoms with E-state index in [2.05, 4.69) is 9.88 Å². The van der Waals surface area contributed by atoms with Crippen molar-refractivity contribution in [2.75, 3.05) is 32.1 Å². The monoisotopic (exact) mass is 383 g/mol. The molecule has 3 heterocycles. The van der Waals surface area contributed by atoms with Gasteiger partial charge in [0.1, 0.15) is 5.65 Å². The molecule has 1 atom stereocenters. The summed E-state index contributed by atoms with van der Waals surface area (Å²) in [6.45, 7) is 3.41. The highest BCUT2D eigenvalue weighted by molar-refractivity contribution is 5.80. The number of rotatable bonds is 3. The molecular weight excluding hydrogens is 354 g/mol. The molecule has 150 valence electrons. The van der Waals surface area contributed by atoms with Gasteiger partial charge in [-0.15, -0.1) is 0 Å². The lowest BCUT2D eigenvalue weighted by molar-refractivity contribution is -0.133. The number of aromatic nitrogens is 3. The van der Waals surface area contributed by atoms with Gasteiger partial charge in [0, 0.05) is 50.9 Å². The highest BCUT2D eigenvalue weighted by atomic mass is 16.2. The van der Waals surface area contributed by atoms with Crippen molar-refractivity contribution >= 4 is 22.9 Å². The van der Waals surface area contributed by atoms with Crippen molar-refractivity contribution in [3.63, 3.8) is 0 Å². The van der Waals surface area contributed by atoms with Gasteiger partial charge in [-0.2, -0.15) is 4.98 Å². The Balaban J connectivity index is 1.73. The first-order valence-electron chi connectivity index (χ1n) is 10.3. The van der Waals surface area contributed by atoms with E-state index in [0.29, 0.717) is 12.5 Å². The van der Waals surface area contributed by atoms with Crippen LogP contribution in [0.5, 0.6) is 0 Å². The molecule has 0 spiro atoms. The van der Waals surface area contributed by atoms with Crippen LogP contribution in [-0.4, -0.2) is 52.5 Å². The molecule has 0 aromatic carbocycles. The predicted molar refractivity (Wildman–Crippen MR) is 110 cm³/mol. The van der Waals surface area contributed by atoms with Crippen molar-refractivity contribution < 1.29 is 4.79 Å². The van der Waals surface area contributed by atoms with Crippen molar-refractivity contribution in [2.24, 2.45) is 5.92 Å². The zero-order valence-electron chi connectivity index (χ0n) is 17.0. The van der Waals surface area contributed by atoms with E-state index in [-0.39, 0.29) is 23.4 Å². The van der Waals surface area contributed by atoms with E-state index in [1.54, 1.807) is 25.1 Å². The Hall–Kier alpha value is -2.44. The lowest BCUT2D eigenvalue weighted by Crippen LogP contribution is -2.43. The third kappa shape index (κ3) is 3.38. The van der Waals surface area contributed by atoms with E-state index in [0.717, 1.165) is 61.7 Å². The van der Waals surface area contributed by atoms with Gasteiger partial charge in [-0.25, -0.2) is 4.98 Å². The summed E-state index contributed by atoms with van der Waals surface area (Å²) in [7, 11) is 3.60. The summed E-state index contributed by atoms with van der Waals surface area (Å²) in [4.78, 5) is 38.4. The lowest BCUT2D eigenvalue weighted by Gasteiger charge is -2.33. The summed E-state index contributed by atoms with van der Waals surface area (Å²) < 4.78 is 1.88. The number of hydrogen-bond acceptors (Lipinski definition) is 5. The molecule has 1 unspecified atom stereocenters. The number of amides is 1. The van der Waals surface area contributed by atoms with Crippen LogP contribution in [0.2, 0.25) is 0 Å². The highest BCUT2D eigenvalue weighted by Gasteiger charge is 2.29. The number of piperidine rings is 1. The Kier molecular flexibility index (Phi) is 5.08. The van der Waals surface area contributed by atoms with Gasteiger partial charge in [0.25, 0.3) is 5.56 Å². The van der Waals surface area contributed by atoms with E-state index in [1.165, 1.54) is 0 Å². The minimum absolute atomic E-state index is 0.0286. The van der Waals surface area contributed by atoms with Crippen molar-refractivity contribution in [3.05, 3.63) is 28.2 Å². The zero-order valence-corrected chi connectivity index (χ0v) is 17.0. The number of carbonyl (C=O) groups is 1. The molecule has 7 heteroatoms. The maximum absolute atomic E-state index is 12.8. The SMILES string of the molecule is Cc1cc(=O)n(C2CCCC2)c2nc(N3CCCC(C(=O)N(C)C)C3)ncc12. The fraction of sp³-hybridized carbons (Fsp3) is 0.619. The number of carbonyl (C=O) groups excluding carboxylic acids is 1. The van der Waals surface area contributed by atoms with Crippen molar-refractivity contribution in [1.29, 1.82) is 0 Å². The number of hydrogen-bond donors (Lipinski definition) is 0. The summed E-state index contributed by atoms with van der Waals surface area (Å²) in [5, 5.41) is 0.938. The van der Waals surface area contributed by atoms with Crippen LogP contribution in [-0.2, 0) is 4.79 Å². The minimum Gasteiger partial charge on any atom is -0.349 e. The fourth-order valence-corrected chi connectivity index (χ4v) is 4.66. The van der Waals surface area contributed by atoms with Gasteiger partial charge in [-0.1, -0.05) is 12.8 Å². The summed E-state index contributed by atoms with van der Waals surface area (Å²) in [6, 6.07) is 1.93. The molecule has 0 bridgehead atoms. The number of anilines is 1. The highest BCUT2D eigenvalue weighted by Crippen LogP contribution is 2.31. The second-order valence-corrected chi connectivity index (χ2v) is 8.40. The van der Waals surface area contributed by atoms with E-state index in [9.17, 15) is 9.59 Å². The Morgan fingerprint density at radius 1 is 1.18 bits per heavy atom. The molecule has 2 aromatic heterocycles. The molecule has 1 saturated carbocycles. The first-order valence-corrected chi connectivity index (χ1v) is 10.3. The van der Waals surface area contributed by atoms with Gasteiger partial charge in [-0.3, -0.25) is 14.2 Å². The molecule has 1 saturated heterocycles. The summed E-state index contributed by atoms with van der Waals surface area (Å²) in [5.41, 5.74) is 1.68. The zero-order chi connectivity index (χ0) is 19.8. The van der Waals surface area contributed by atoms with Gasteiger partial charge >= 0.3 is 0 Å². The van der Waals surface area contributed by atoms with Crippen LogP contribution in [0.3, 0.4) is 0 Å². The standard InChI is InChI=1S/C21H29N5O2/c1-14-11-18(27)26(16-8-4-5-9-16)19-17(14)12-22-21(23-19)25-10-6-7-15(13-25)20(28)24(2)3/h11-12,15-16H,4-10,13H2,1-3H3. The predicted octanol–water partition coefficient (Wildman–Crippen LogP) is 2.52. The molecule has 4 rings (SSSR count). The van der Waals surface area contributed by atoms with Gasteiger partial charge in [-0.05, 0) is 38.2 Å². The minimum atomic E-state index is -0.0300. The Bertz CT molecular complexity index is 946. The molecule has 1 amide bonds. The van der Waals surface area contributed by atoms with Gasteiger partial charge < -0.3 is 9.80 Å². The number of aryl methyl sites for hydroxylation is 1. The molecule has 1 aliphatic heterocycles. The Labute approximate surface area is 165 Å². The van der Waals surface area contributed by atoms with Gasteiger partial charge in [0.15, 0.2) is 0 Å².